The Morgan fingerprint density at radius 3 is 2.81 bits per heavy atom. The predicted molar refractivity (Wildman–Crippen MR) is 59.1 cm³/mol. The van der Waals surface area contributed by atoms with E-state index in [1.807, 2.05) is 0 Å². The zero-order valence-electron chi connectivity index (χ0n) is 8.00. The van der Waals surface area contributed by atoms with E-state index in [1.165, 1.54) is 18.3 Å². The van der Waals surface area contributed by atoms with E-state index in [2.05, 4.69) is 9.97 Å². The summed E-state index contributed by atoms with van der Waals surface area (Å²) in [6, 6.07) is 7.64. The highest BCUT2D eigenvalue weighted by molar-refractivity contribution is 6.29. The van der Waals surface area contributed by atoms with E-state index < -0.39 is 4.92 Å². The van der Waals surface area contributed by atoms with Crippen molar-refractivity contribution in [3.63, 3.8) is 0 Å². The molecule has 1 heterocycles. The average molecular weight is 236 g/mol. The quantitative estimate of drug-likeness (QED) is 0.456. The van der Waals surface area contributed by atoms with Crippen LogP contribution in [-0.4, -0.2) is 14.9 Å². The van der Waals surface area contributed by atoms with Gasteiger partial charge in [-0.3, -0.25) is 10.1 Å². The number of non-ortho nitro benzene ring substituents is 1. The van der Waals surface area contributed by atoms with E-state index in [0.29, 0.717) is 16.5 Å². The molecule has 2 aromatic rings. The Morgan fingerprint density at radius 1 is 1.31 bits per heavy atom. The molecule has 0 bridgehead atoms. The van der Waals surface area contributed by atoms with Crippen LogP contribution >= 0.6 is 11.6 Å². The summed E-state index contributed by atoms with van der Waals surface area (Å²) in [7, 11) is 0. The van der Waals surface area contributed by atoms with Crippen LogP contribution < -0.4 is 0 Å². The number of benzene rings is 1. The average Bonchev–Trinajstić information content (AvgIpc) is 2.29. The lowest BCUT2D eigenvalue weighted by Crippen LogP contribution is -1.91. The van der Waals surface area contributed by atoms with E-state index in [0.717, 1.165) is 0 Å². The van der Waals surface area contributed by atoms with Crippen molar-refractivity contribution in [2.45, 2.75) is 0 Å². The van der Waals surface area contributed by atoms with Gasteiger partial charge in [0, 0.05) is 23.9 Å². The zero-order valence-corrected chi connectivity index (χ0v) is 8.76. The minimum Gasteiger partial charge on any atom is -0.258 e. The van der Waals surface area contributed by atoms with Gasteiger partial charge in [-0.05, 0) is 6.07 Å². The maximum absolute atomic E-state index is 10.6. The Hall–Kier alpha value is -2.01. The number of hydrogen-bond acceptors (Lipinski definition) is 4. The van der Waals surface area contributed by atoms with Gasteiger partial charge in [0.1, 0.15) is 5.15 Å². The third-order valence-electron chi connectivity index (χ3n) is 1.94. The molecule has 0 atom stereocenters. The Balaban J connectivity index is 2.48. The minimum atomic E-state index is -0.464. The van der Waals surface area contributed by atoms with Crippen molar-refractivity contribution < 1.29 is 4.92 Å². The Labute approximate surface area is 95.9 Å². The number of nitrogens with zero attached hydrogens (tertiary/aromatic N) is 3. The van der Waals surface area contributed by atoms with Gasteiger partial charge in [-0.15, -0.1) is 0 Å². The van der Waals surface area contributed by atoms with Crippen molar-refractivity contribution >= 4 is 17.3 Å². The SMILES string of the molecule is O=[N+]([O-])c1cccc(-c2nccc(Cl)n2)c1. The maximum atomic E-state index is 10.6. The van der Waals surface area contributed by atoms with Crippen molar-refractivity contribution in [2.75, 3.05) is 0 Å². The Morgan fingerprint density at radius 2 is 2.12 bits per heavy atom. The summed E-state index contributed by atoms with van der Waals surface area (Å²) in [6.07, 6.45) is 1.50. The van der Waals surface area contributed by atoms with Crippen molar-refractivity contribution in [2.24, 2.45) is 0 Å². The first-order valence-electron chi connectivity index (χ1n) is 4.40. The van der Waals surface area contributed by atoms with Crippen LogP contribution in [0.4, 0.5) is 5.69 Å². The van der Waals surface area contributed by atoms with Crippen LogP contribution in [0.25, 0.3) is 11.4 Å². The molecule has 0 aliphatic heterocycles. The summed E-state index contributed by atoms with van der Waals surface area (Å²) >= 11 is 5.71. The van der Waals surface area contributed by atoms with Gasteiger partial charge in [0.2, 0.25) is 0 Å². The van der Waals surface area contributed by atoms with Crippen LogP contribution in [0.2, 0.25) is 5.15 Å². The Kier molecular flexibility index (Phi) is 2.78. The highest BCUT2D eigenvalue weighted by atomic mass is 35.5. The van der Waals surface area contributed by atoms with Crippen molar-refractivity contribution in [3.05, 3.63) is 51.8 Å². The molecule has 0 fully saturated rings. The number of rotatable bonds is 2. The van der Waals surface area contributed by atoms with E-state index in [-0.39, 0.29) is 5.69 Å². The molecule has 80 valence electrons. The molecule has 1 aromatic carbocycles. The normalized spacial score (nSPS) is 10.1. The molecule has 0 N–H and O–H groups in total. The summed E-state index contributed by atoms with van der Waals surface area (Å²) in [4.78, 5) is 18.1. The standard InChI is InChI=1S/C10H6ClN3O2/c11-9-4-5-12-10(13-9)7-2-1-3-8(6-7)14(15)16/h1-6H. The van der Waals surface area contributed by atoms with Gasteiger partial charge in [-0.1, -0.05) is 23.7 Å². The largest absolute Gasteiger partial charge is 0.270 e. The van der Waals surface area contributed by atoms with E-state index in [9.17, 15) is 10.1 Å². The van der Waals surface area contributed by atoms with Crippen LogP contribution in [0.1, 0.15) is 0 Å². The highest BCUT2D eigenvalue weighted by Gasteiger charge is 2.08. The van der Waals surface area contributed by atoms with Gasteiger partial charge in [0.25, 0.3) is 5.69 Å². The Bertz CT molecular complexity index is 545. The topological polar surface area (TPSA) is 68.9 Å². The molecule has 16 heavy (non-hydrogen) atoms. The van der Waals surface area contributed by atoms with Gasteiger partial charge in [0.15, 0.2) is 5.82 Å². The summed E-state index contributed by atoms with van der Waals surface area (Å²) in [5, 5.41) is 10.9. The maximum Gasteiger partial charge on any atom is 0.270 e. The first-order chi connectivity index (χ1) is 7.66. The number of aromatic nitrogens is 2. The molecule has 2 rings (SSSR count). The van der Waals surface area contributed by atoms with Crippen molar-refractivity contribution in [1.29, 1.82) is 0 Å². The third kappa shape index (κ3) is 2.14. The lowest BCUT2D eigenvalue weighted by Gasteiger charge is -1.99. The fourth-order valence-corrected chi connectivity index (χ4v) is 1.37. The number of nitro benzene ring substituents is 1. The minimum absolute atomic E-state index is 0.000996. The first-order valence-corrected chi connectivity index (χ1v) is 4.78. The fraction of sp³-hybridized carbons (Fsp3) is 0. The number of hydrogen-bond donors (Lipinski definition) is 0. The lowest BCUT2D eigenvalue weighted by atomic mass is 10.2. The molecule has 0 spiro atoms. The molecule has 0 saturated carbocycles. The lowest BCUT2D eigenvalue weighted by molar-refractivity contribution is -0.384. The van der Waals surface area contributed by atoms with Gasteiger partial charge in [-0.25, -0.2) is 9.97 Å². The molecule has 0 aliphatic carbocycles. The monoisotopic (exact) mass is 235 g/mol. The van der Waals surface area contributed by atoms with Gasteiger partial charge < -0.3 is 0 Å². The van der Waals surface area contributed by atoms with Crippen molar-refractivity contribution in [1.82, 2.24) is 9.97 Å². The second-order valence-electron chi connectivity index (χ2n) is 3.01. The van der Waals surface area contributed by atoms with Crippen LogP contribution in [0, 0.1) is 10.1 Å². The van der Waals surface area contributed by atoms with Gasteiger partial charge in [-0.2, -0.15) is 0 Å². The first kappa shape index (κ1) is 10.5. The highest BCUT2D eigenvalue weighted by Crippen LogP contribution is 2.21. The van der Waals surface area contributed by atoms with E-state index in [4.69, 9.17) is 11.6 Å². The van der Waals surface area contributed by atoms with Crippen LogP contribution in [-0.2, 0) is 0 Å². The summed E-state index contributed by atoms with van der Waals surface area (Å²) in [5.41, 5.74) is 0.567. The molecule has 0 saturated heterocycles. The van der Waals surface area contributed by atoms with Crippen LogP contribution in [0.3, 0.4) is 0 Å². The van der Waals surface area contributed by atoms with E-state index in [1.54, 1.807) is 18.2 Å². The fourth-order valence-electron chi connectivity index (χ4n) is 1.23. The molecule has 0 unspecified atom stereocenters. The molecule has 0 amide bonds. The summed E-state index contributed by atoms with van der Waals surface area (Å²) < 4.78 is 0. The zero-order chi connectivity index (χ0) is 11.5. The second kappa shape index (κ2) is 4.24. The van der Waals surface area contributed by atoms with Crippen LogP contribution in [0.5, 0.6) is 0 Å². The van der Waals surface area contributed by atoms with E-state index >= 15 is 0 Å². The molecule has 0 radical (unpaired) electrons. The second-order valence-corrected chi connectivity index (χ2v) is 3.40. The molecule has 0 aliphatic rings. The van der Waals surface area contributed by atoms with Crippen molar-refractivity contribution in [3.8, 4) is 11.4 Å². The number of nitro groups is 1. The predicted octanol–water partition coefficient (Wildman–Crippen LogP) is 2.71. The molecular weight excluding hydrogens is 230 g/mol. The van der Waals surface area contributed by atoms with Gasteiger partial charge >= 0.3 is 0 Å². The third-order valence-corrected chi connectivity index (χ3v) is 2.15. The summed E-state index contributed by atoms with van der Waals surface area (Å²) in [5.74, 6) is 0.371. The number of halogens is 1. The van der Waals surface area contributed by atoms with Gasteiger partial charge in [0.05, 0.1) is 4.92 Å². The van der Waals surface area contributed by atoms with Crippen LogP contribution in [0.15, 0.2) is 36.5 Å². The molecule has 6 heteroatoms. The summed E-state index contributed by atoms with van der Waals surface area (Å²) in [6.45, 7) is 0. The smallest absolute Gasteiger partial charge is 0.258 e. The molecule has 5 nitrogen and oxygen atoms in total. The molecule has 1 aromatic heterocycles. The molecular formula is C10H6ClN3O2.